The lowest BCUT2D eigenvalue weighted by Crippen LogP contribution is -2.28. The first-order valence-electron chi connectivity index (χ1n) is 5.49. The first kappa shape index (κ1) is 14.7. The second-order valence-electron chi connectivity index (χ2n) is 4.15. The summed E-state index contributed by atoms with van der Waals surface area (Å²) in [5.41, 5.74) is 6.43. The molecule has 7 nitrogen and oxygen atoms in total. The highest BCUT2D eigenvalue weighted by atomic mass is 32.2. The molecule has 0 fully saturated rings. The first-order valence-corrected chi connectivity index (χ1v) is 7.09. The van der Waals surface area contributed by atoms with Gasteiger partial charge in [0.15, 0.2) is 0 Å². The van der Waals surface area contributed by atoms with Gasteiger partial charge in [-0.2, -0.15) is 0 Å². The van der Waals surface area contributed by atoms with Crippen LogP contribution < -0.4 is 11.1 Å². The summed E-state index contributed by atoms with van der Waals surface area (Å²) in [6.45, 7) is 3.80. The van der Waals surface area contributed by atoms with Gasteiger partial charge in [-0.1, -0.05) is 0 Å². The van der Waals surface area contributed by atoms with E-state index in [1.54, 1.807) is 13.8 Å². The molecule has 0 atom stereocenters. The number of rotatable bonds is 5. The fourth-order valence-electron chi connectivity index (χ4n) is 1.30. The summed E-state index contributed by atoms with van der Waals surface area (Å²) in [7, 11) is -0.191. The lowest BCUT2D eigenvalue weighted by atomic mass is 10.3. The molecular formula is C10H19N5O2S. The van der Waals surface area contributed by atoms with Crippen molar-refractivity contribution in [3.63, 3.8) is 0 Å². The summed E-state index contributed by atoms with van der Waals surface area (Å²) in [5, 5.41) is 2.97. The largest absolute Gasteiger partial charge is 0.383 e. The Kier molecular flexibility index (Phi) is 4.47. The Hall–Kier alpha value is -1.41. The molecule has 0 aliphatic rings. The zero-order chi connectivity index (χ0) is 13.9. The highest BCUT2D eigenvalue weighted by molar-refractivity contribution is 7.89. The molecular weight excluding hydrogens is 254 g/mol. The number of nitrogens with one attached hydrogen (secondary N) is 1. The Labute approximate surface area is 107 Å². The van der Waals surface area contributed by atoms with E-state index < -0.39 is 10.0 Å². The molecule has 0 saturated heterocycles. The quantitative estimate of drug-likeness (QED) is 0.782. The summed E-state index contributed by atoms with van der Waals surface area (Å²) in [6, 6.07) is 0. The SMILES string of the molecule is Cc1nc(N)c(C)c(NCCS(=O)(=O)N(C)C)n1. The van der Waals surface area contributed by atoms with Gasteiger partial charge in [0.25, 0.3) is 0 Å². The first-order chi connectivity index (χ1) is 8.24. The molecule has 0 saturated carbocycles. The van der Waals surface area contributed by atoms with Crippen molar-refractivity contribution in [1.29, 1.82) is 0 Å². The predicted molar refractivity (Wildman–Crippen MR) is 71.9 cm³/mol. The third-order valence-corrected chi connectivity index (χ3v) is 4.34. The molecule has 0 radical (unpaired) electrons. The van der Waals surface area contributed by atoms with Crippen LogP contribution in [0.15, 0.2) is 0 Å². The van der Waals surface area contributed by atoms with Gasteiger partial charge in [0.1, 0.15) is 17.5 Å². The van der Waals surface area contributed by atoms with Crippen LogP contribution in [0.2, 0.25) is 0 Å². The van der Waals surface area contributed by atoms with Crippen molar-refractivity contribution in [3.05, 3.63) is 11.4 Å². The molecule has 0 unspecified atom stereocenters. The van der Waals surface area contributed by atoms with Gasteiger partial charge in [0.2, 0.25) is 10.0 Å². The Morgan fingerprint density at radius 3 is 2.44 bits per heavy atom. The summed E-state index contributed by atoms with van der Waals surface area (Å²) in [6.07, 6.45) is 0. The van der Waals surface area contributed by atoms with Gasteiger partial charge < -0.3 is 11.1 Å². The Balaban J connectivity index is 2.71. The minimum absolute atomic E-state index is 0.00238. The molecule has 0 aliphatic carbocycles. The molecule has 0 spiro atoms. The number of anilines is 2. The molecule has 8 heteroatoms. The average molecular weight is 273 g/mol. The Morgan fingerprint density at radius 1 is 1.28 bits per heavy atom. The molecule has 0 aliphatic heterocycles. The summed E-state index contributed by atoms with van der Waals surface area (Å²) in [4.78, 5) is 8.21. The topological polar surface area (TPSA) is 101 Å². The zero-order valence-electron chi connectivity index (χ0n) is 11.1. The number of aryl methyl sites for hydroxylation is 1. The maximum Gasteiger partial charge on any atom is 0.215 e. The minimum Gasteiger partial charge on any atom is -0.383 e. The molecule has 1 aromatic rings. The lowest BCUT2D eigenvalue weighted by Gasteiger charge is -2.13. The molecule has 1 rings (SSSR count). The molecule has 1 aromatic heterocycles. The highest BCUT2D eigenvalue weighted by Crippen LogP contribution is 2.16. The van der Waals surface area contributed by atoms with E-state index in [0.717, 1.165) is 5.56 Å². The normalized spacial score (nSPS) is 11.8. The second kappa shape index (κ2) is 5.49. The van der Waals surface area contributed by atoms with Crippen LogP contribution in [-0.4, -0.2) is 49.1 Å². The van der Waals surface area contributed by atoms with Crippen LogP contribution in [0.25, 0.3) is 0 Å². The highest BCUT2D eigenvalue weighted by Gasteiger charge is 2.13. The smallest absolute Gasteiger partial charge is 0.215 e. The summed E-state index contributed by atoms with van der Waals surface area (Å²) >= 11 is 0. The van der Waals surface area contributed by atoms with Crippen molar-refractivity contribution in [2.75, 3.05) is 37.4 Å². The van der Waals surface area contributed by atoms with Crippen molar-refractivity contribution in [1.82, 2.24) is 14.3 Å². The standard InChI is InChI=1S/C10H19N5O2S/c1-7-9(11)13-8(2)14-10(7)12-5-6-18(16,17)15(3)4/h5-6H2,1-4H3,(H3,11,12,13,14). The van der Waals surface area contributed by atoms with Gasteiger partial charge in [0, 0.05) is 26.2 Å². The average Bonchev–Trinajstić information content (AvgIpc) is 2.24. The van der Waals surface area contributed by atoms with Crippen LogP contribution in [-0.2, 0) is 10.0 Å². The van der Waals surface area contributed by atoms with E-state index >= 15 is 0 Å². The maximum atomic E-state index is 11.6. The van der Waals surface area contributed by atoms with Crippen molar-refractivity contribution in [2.24, 2.45) is 0 Å². The summed E-state index contributed by atoms with van der Waals surface area (Å²) < 4.78 is 24.3. The number of aromatic nitrogens is 2. The number of nitrogens with zero attached hydrogens (tertiary/aromatic N) is 3. The van der Waals surface area contributed by atoms with Crippen molar-refractivity contribution in [3.8, 4) is 0 Å². The van der Waals surface area contributed by atoms with Gasteiger partial charge in [0.05, 0.1) is 5.75 Å². The second-order valence-corrected chi connectivity index (χ2v) is 6.46. The van der Waals surface area contributed by atoms with Gasteiger partial charge in [-0.3, -0.25) is 0 Å². The lowest BCUT2D eigenvalue weighted by molar-refractivity contribution is 0.521. The van der Waals surface area contributed by atoms with Gasteiger partial charge >= 0.3 is 0 Å². The number of nitrogen functional groups attached to an aromatic ring is 1. The van der Waals surface area contributed by atoms with Crippen LogP contribution in [0.4, 0.5) is 11.6 Å². The van der Waals surface area contributed by atoms with E-state index in [1.165, 1.54) is 18.4 Å². The van der Waals surface area contributed by atoms with Crippen LogP contribution >= 0.6 is 0 Å². The van der Waals surface area contributed by atoms with Gasteiger partial charge in [-0.05, 0) is 13.8 Å². The van der Waals surface area contributed by atoms with E-state index in [2.05, 4.69) is 15.3 Å². The van der Waals surface area contributed by atoms with E-state index in [9.17, 15) is 8.42 Å². The van der Waals surface area contributed by atoms with Crippen LogP contribution in [0.1, 0.15) is 11.4 Å². The van der Waals surface area contributed by atoms with Crippen LogP contribution in [0.3, 0.4) is 0 Å². The van der Waals surface area contributed by atoms with Crippen molar-refractivity contribution >= 4 is 21.7 Å². The third-order valence-electron chi connectivity index (χ3n) is 2.50. The monoisotopic (exact) mass is 273 g/mol. The fraction of sp³-hybridized carbons (Fsp3) is 0.600. The van der Waals surface area contributed by atoms with Crippen LogP contribution in [0, 0.1) is 13.8 Å². The molecule has 3 N–H and O–H groups in total. The van der Waals surface area contributed by atoms with Crippen LogP contribution in [0.5, 0.6) is 0 Å². The Morgan fingerprint density at radius 2 is 1.89 bits per heavy atom. The van der Waals surface area contributed by atoms with E-state index in [4.69, 9.17) is 5.73 Å². The number of hydrogen-bond acceptors (Lipinski definition) is 6. The molecule has 18 heavy (non-hydrogen) atoms. The van der Waals surface area contributed by atoms with Crippen molar-refractivity contribution < 1.29 is 8.42 Å². The fourth-order valence-corrected chi connectivity index (χ4v) is 2.03. The molecule has 102 valence electrons. The van der Waals surface area contributed by atoms with E-state index in [1.807, 2.05) is 0 Å². The number of nitrogens with two attached hydrogens (primary N) is 1. The molecule has 0 bridgehead atoms. The number of sulfonamides is 1. The van der Waals surface area contributed by atoms with E-state index in [-0.39, 0.29) is 12.3 Å². The van der Waals surface area contributed by atoms with Gasteiger partial charge in [-0.15, -0.1) is 0 Å². The van der Waals surface area contributed by atoms with E-state index in [0.29, 0.717) is 17.5 Å². The maximum absolute atomic E-state index is 11.6. The number of hydrogen-bond donors (Lipinski definition) is 2. The third kappa shape index (κ3) is 3.54. The predicted octanol–water partition coefficient (Wildman–Crippen LogP) is -0.0211. The van der Waals surface area contributed by atoms with Gasteiger partial charge in [-0.25, -0.2) is 22.7 Å². The minimum atomic E-state index is -3.21. The zero-order valence-corrected chi connectivity index (χ0v) is 11.9. The Bertz CT molecular complexity index is 527. The summed E-state index contributed by atoms with van der Waals surface area (Å²) in [5.74, 6) is 1.54. The molecule has 0 aromatic carbocycles. The van der Waals surface area contributed by atoms with Crippen molar-refractivity contribution in [2.45, 2.75) is 13.8 Å². The molecule has 1 heterocycles. The molecule has 0 amide bonds.